The predicted molar refractivity (Wildman–Crippen MR) is 82.2 cm³/mol. The Morgan fingerprint density at radius 1 is 1.05 bits per heavy atom. The number of aryl methyl sites for hydroxylation is 1. The molecule has 0 unspecified atom stereocenters. The first-order valence-corrected chi connectivity index (χ1v) is 7.80. The third kappa shape index (κ3) is 3.04. The minimum Gasteiger partial charge on any atom is -0.369 e. The molecule has 1 aliphatic heterocycles. The molecule has 2 aliphatic rings. The van der Waals surface area contributed by atoms with Crippen LogP contribution in [0, 0.1) is 6.92 Å². The molecule has 0 spiro atoms. The zero-order valence-electron chi connectivity index (χ0n) is 12.3. The van der Waals surface area contributed by atoms with Gasteiger partial charge in [-0.25, -0.2) is 0 Å². The van der Waals surface area contributed by atoms with Crippen LogP contribution in [0.25, 0.3) is 0 Å². The van der Waals surface area contributed by atoms with Gasteiger partial charge >= 0.3 is 0 Å². The van der Waals surface area contributed by atoms with Crippen LogP contribution in [0.1, 0.15) is 31.2 Å². The van der Waals surface area contributed by atoms with E-state index in [9.17, 15) is 4.79 Å². The molecule has 0 bridgehead atoms. The van der Waals surface area contributed by atoms with Gasteiger partial charge in [-0.1, -0.05) is 12.1 Å². The highest BCUT2D eigenvalue weighted by atomic mass is 16.1. The molecular formula is C17H24N2O. The van der Waals surface area contributed by atoms with Gasteiger partial charge in [0.2, 0.25) is 0 Å². The van der Waals surface area contributed by atoms with Gasteiger partial charge in [-0.2, -0.15) is 0 Å². The number of hydrogen-bond donors (Lipinski definition) is 0. The lowest BCUT2D eigenvalue weighted by molar-refractivity contribution is -0.121. The summed E-state index contributed by atoms with van der Waals surface area (Å²) in [6.07, 6.45) is 3.73. The van der Waals surface area contributed by atoms with Gasteiger partial charge in [0.25, 0.3) is 0 Å². The van der Waals surface area contributed by atoms with E-state index in [1.165, 1.54) is 11.3 Å². The van der Waals surface area contributed by atoms with Crippen LogP contribution in [-0.2, 0) is 4.79 Å². The topological polar surface area (TPSA) is 23.6 Å². The summed E-state index contributed by atoms with van der Waals surface area (Å²) >= 11 is 0. The summed E-state index contributed by atoms with van der Waals surface area (Å²) in [6.45, 7) is 6.63. The fourth-order valence-electron chi connectivity index (χ4n) is 3.46. The van der Waals surface area contributed by atoms with Crippen molar-refractivity contribution in [2.45, 2.75) is 38.6 Å². The Kier molecular flexibility index (Phi) is 4.06. The Morgan fingerprint density at radius 2 is 1.75 bits per heavy atom. The van der Waals surface area contributed by atoms with Crippen molar-refractivity contribution in [2.24, 2.45) is 0 Å². The summed E-state index contributed by atoms with van der Waals surface area (Å²) in [5, 5.41) is 0. The van der Waals surface area contributed by atoms with E-state index < -0.39 is 0 Å². The van der Waals surface area contributed by atoms with Crippen LogP contribution in [0.15, 0.2) is 24.3 Å². The van der Waals surface area contributed by atoms with E-state index in [0.717, 1.165) is 51.9 Å². The highest BCUT2D eigenvalue weighted by molar-refractivity contribution is 5.79. The van der Waals surface area contributed by atoms with Crippen LogP contribution in [0.4, 0.5) is 5.69 Å². The summed E-state index contributed by atoms with van der Waals surface area (Å²) in [6, 6.07) is 9.42. The minimum atomic E-state index is 0.458. The molecular weight excluding hydrogens is 248 g/mol. The molecule has 1 aliphatic carbocycles. The number of nitrogens with zero attached hydrogens (tertiary/aromatic N) is 2. The maximum Gasteiger partial charge on any atom is 0.133 e. The van der Waals surface area contributed by atoms with E-state index in [0.29, 0.717) is 11.8 Å². The first-order chi connectivity index (χ1) is 9.72. The van der Waals surface area contributed by atoms with E-state index in [2.05, 4.69) is 41.0 Å². The molecule has 3 nitrogen and oxygen atoms in total. The third-order valence-corrected chi connectivity index (χ3v) is 4.71. The zero-order chi connectivity index (χ0) is 13.9. The average Bonchev–Trinajstić information content (AvgIpc) is 2.48. The molecule has 108 valence electrons. The Morgan fingerprint density at radius 3 is 2.40 bits per heavy atom. The number of carbonyl (C=O) groups excluding carboxylic acids is 1. The first-order valence-electron chi connectivity index (χ1n) is 7.80. The number of hydrogen-bond acceptors (Lipinski definition) is 3. The Hall–Kier alpha value is -1.35. The largest absolute Gasteiger partial charge is 0.369 e. The highest BCUT2D eigenvalue weighted by Gasteiger charge is 2.27. The second-order valence-corrected chi connectivity index (χ2v) is 6.13. The van der Waals surface area contributed by atoms with E-state index in [1.54, 1.807) is 0 Å². The Bertz CT molecular complexity index is 468. The normalized spacial score (nSPS) is 22.2. The van der Waals surface area contributed by atoms with Crippen LogP contribution in [0.2, 0.25) is 0 Å². The molecule has 0 N–H and O–H groups in total. The predicted octanol–water partition coefficient (Wildman–Crippen LogP) is 2.63. The van der Waals surface area contributed by atoms with E-state index in [1.807, 2.05) is 0 Å². The molecule has 1 saturated carbocycles. The minimum absolute atomic E-state index is 0.458. The van der Waals surface area contributed by atoms with Crippen LogP contribution < -0.4 is 4.90 Å². The SMILES string of the molecule is Cc1cccc(N2CCN(C3CCC(=O)CC3)CC2)c1. The molecule has 3 heteroatoms. The van der Waals surface area contributed by atoms with Gasteiger partial charge < -0.3 is 4.90 Å². The molecule has 0 radical (unpaired) electrons. The molecule has 0 atom stereocenters. The van der Waals surface area contributed by atoms with Gasteiger partial charge in [0.05, 0.1) is 0 Å². The lowest BCUT2D eigenvalue weighted by atomic mass is 9.93. The summed E-state index contributed by atoms with van der Waals surface area (Å²) in [4.78, 5) is 16.4. The van der Waals surface area contributed by atoms with Crippen molar-refractivity contribution in [2.75, 3.05) is 31.1 Å². The summed E-state index contributed by atoms with van der Waals surface area (Å²) in [5.74, 6) is 0.458. The number of carbonyl (C=O) groups is 1. The molecule has 1 aromatic rings. The number of anilines is 1. The van der Waals surface area contributed by atoms with Crippen LogP contribution >= 0.6 is 0 Å². The monoisotopic (exact) mass is 272 g/mol. The van der Waals surface area contributed by atoms with Crippen LogP contribution in [0.5, 0.6) is 0 Å². The number of Topliss-reactive ketones (excluding diaryl/α,β-unsaturated/α-hetero) is 1. The van der Waals surface area contributed by atoms with E-state index in [4.69, 9.17) is 0 Å². The van der Waals surface area contributed by atoms with Gasteiger partial charge in [-0.05, 0) is 37.5 Å². The number of ketones is 1. The molecule has 1 saturated heterocycles. The maximum absolute atomic E-state index is 11.3. The van der Waals surface area contributed by atoms with E-state index in [-0.39, 0.29) is 0 Å². The van der Waals surface area contributed by atoms with Crippen molar-refractivity contribution < 1.29 is 4.79 Å². The average molecular weight is 272 g/mol. The smallest absolute Gasteiger partial charge is 0.133 e. The molecule has 20 heavy (non-hydrogen) atoms. The van der Waals surface area contributed by atoms with Crippen molar-refractivity contribution in [1.29, 1.82) is 0 Å². The van der Waals surface area contributed by atoms with Gasteiger partial charge in [0.15, 0.2) is 0 Å². The second-order valence-electron chi connectivity index (χ2n) is 6.13. The van der Waals surface area contributed by atoms with Gasteiger partial charge in [-0.15, -0.1) is 0 Å². The highest BCUT2D eigenvalue weighted by Crippen LogP contribution is 2.23. The quantitative estimate of drug-likeness (QED) is 0.827. The number of rotatable bonds is 2. The summed E-state index contributed by atoms with van der Waals surface area (Å²) < 4.78 is 0. The fraction of sp³-hybridized carbons (Fsp3) is 0.588. The van der Waals surface area contributed by atoms with Crippen molar-refractivity contribution >= 4 is 11.5 Å². The Balaban J connectivity index is 1.55. The van der Waals surface area contributed by atoms with Crippen molar-refractivity contribution in [3.05, 3.63) is 29.8 Å². The lowest BCUT2D eigenvalue weighted by Gasteiger charge is -2.41. The molecule has 3 rings (SSSR count). The number of piperazine rings is 1. The zero-order valence-corrected chi connectivity index (χ0v) is 12.3. The molecule has 1 heterocycles. The first kappa shape index (κ1) is 13.6. The molecule has 0 aromatic heterocycles. The summed E-state index contributed by atoms with van der Waals surface area (Å²) in [5.41, 5.74) is 2.68. The van der Waals surface area contributed by atoms with Crippen molar-refractivity contribution in [3.8, 4) is 0 Å². The van der Waals surface area contributed by atoms with Gasteiger partial charge in [0, 0.05) is 50.7 Å². The van der Waals surface area contributed by atoms with Crippen LogP contribution in [-0.4, -0.2) is 42.9 Å². The lowest BCUT2D eigenvalue weighted by Crippen LogP contribution is -2.51. The fourth-order valence-corrected chi connectivity index (χ4v) is 3.46. The van der Waals surface area contributed by atoms with Gasteiger partial charge in [0.1, 0.15) is 5.78 Å². The summed E-state index contributed by atoms with van der Waals surface area (Å²) in [7, 11) is 0. The molecule has 2 fully saturated rings. The maximum atomic E-state index is 11.3. The third-order valence-electron chi connectivity index (χ3n) is 4.71. The van der Waals surface area contributed by atoms with Crippen molar-refractivity contribution in [1.82, 2.24) is 4.90 Å². The second kappa shape index (κ2) is 5.96. The standard InChI is InChI=1S/C17H24N2O/c1-14-3-2-4-16(13-14)19-11-9-18(10-12-19)15-5-7-17(20)8-6-15/h2-4,13,15H,5-12H2,1H3. The molecule has 1 aromatic carbocycles. The number of benzene rings is 1. The Labute approximate surface area is 121 Å². The van der Waals surface area contributed by atoms with E-state index >= 15 is 0 Å². The van der Waals surface area contributed by atoms with Gasteiger partial charge in [-0.3, -0.25) is 9.69 Å². The molecule has 0 amide bonds. The van der Waals surface area contributed by atoms with Crippen molar-refractivity contribution in [3.63, 3.8) is 0 Å². The van der Waals surface area contributed by atoms with Crippen LogP contribution in [0.3, 0.4) is 0 Å².